The zero-order chi connectivity index (χ0) is 26.0. The third-order valence-corrected chi connectivity index (χ3v) is 9.32. The van der Waals surface area contributed by atoms with Gasteiger partial charge < -0.3 is 14.4 Å². The molecule has 2 aliphatic heterocycles. The van der Waals surface area contributed by atoms with Crippen LogP contribution in [0.1, 0.15) is 49.8 Å². The lowest BCUT2D eigenvalue weighted by Crippen LogP contribution is -2.42. The Morgan fingerprint density at radius 2 is 1.84 bits per heavy atom. The molecule has 2 aromatic carbocycles. The van der Waals surface area contributed by atoms with Crippen molar-refractivity contribution in [2.75, 3.05) is 13.1 Å². The van der Waals surface area contributed by atoms with E-state index in [-0.39, 0.29) is 23.3 Å². The molecule has 5 aliphatic rings. The van der Waals surface area contributed by atoms with E-state index < -0.39 is 17.0 Å². The average Bonchev–Trinajstić information content (AvgIpc) is 3.83. The molecule has 3 aliphatic carbocycles. The van der Waals surface area contributed by atoms with Gasteiger partial charge in [0.2, 0.25) is 0 Å². The second-order valence-corrected chi connectivity index (χ2v) is 12.0. The standard InChI is InChI=1S/C30H28FN3O4/c1-17-12-20-13-18(3-5-23(20)38-17)19-2-4-21(22(31)14-19)25-32-29(6-7-29)26(35)34(25)24-15-28(24)10-11-33(16-28)27(36)30(37)8-9-30/h2-5,12-14,24,37H,6-11,15-16H2,1H3/t24?,28-/m0/s1. The molecule has 2 atom stereocenters. The van der Waals surface area contributed by atoms with E-state index in [0.717, 1.165) is 40.7 Å². The van der Waals surface area contributed by atoms with Crippen LogP contribution in [0.15, 0.2) is 51.9 Å². The number of amidine groups is 1. The van der Waals surface area contributed by atoms with Crippen LogP contribution in [0.5, 0.6) is 0 Å². The Labute approximate surface area is 218 Å². The summed E-state index contributed by atoms with van der Waals surface area (Å²) in [5.74, 6) is 0.613. The van der Waals surface area contributed by atoms with E-state index in [0.29, 0.717) is 50.2 Å². The lowest BCUT2D eigenvalue weighted by molar-refractivity contribution is -0.141. The number of likely N-dealkylation sites (tertiary alicyclic amines) is 1. The van der Waals surface area contributed by atoms with Crippen LogP contribution >= 0.6 is 0 Å². The molecule has 38 heavy (non-hydrogen) atoms. The molecular weight excluding hydrogens is 485 g/mol. The molecule has 3 heterocycles. The Morgan fingerprint density at radius 1 is 1.08 bits per heavy atom. The van der Waals surface area contributed by atoms with E-state index >= 15 is 4.39 Å². The van der Waals surface area contributed by atoms with Crippen molar-refractivity contribution in [3.63, 3.8) is 0 Å². The number of benzene rings is 2. The molecule has 8 heteroatoms. The number of aliphatic imine (C=N–C) groups is 1. The molecule has 1 unspecified atom stereocenters. The molecule has 3 saturated carbocycles. The molecule has 4 fully saturated rings. The third-order valence-electron chi connectivity index (χ3n) is 9.32. The zero-order valence-corrected chi connectivity index (χ0v) is 21.2. The maximum Gasteiger partial charge on any atom is 0.256 e. The van der Waals surface area contributed by atoms with Gasteiger partial charge in [0.15, 0.2) is 0 Å². The number of aryl methyl sites for hydroxylation is 1. The van der Waals surface area contributed by atoms with Gasteiger partial charge in [0, 0.05) is 29.9 Å². The second-order valence-electron chi connectivity index (χ2n) is 12.0. The Balaban J connectivity index is 1.09. The quantitative estimate of drug-likeness (QED) is 0.567. The number of carbonyl (C=O) groups is 2. The van der Waals surface area contributed by atoms with Crippen molar-refractivity contribution in [2.24, 2.45) is 10.4 Å². The van der Waals surface area contributed by atoms with Crippen molar-refractivity contribution in [3.05, 3.63) is 59.6 Å². The van der Waals surface area contributed by atoms with Gasteiger partial charge in [-0.15, -0.1) is 0 Å². The van der Waals surface area contributed by atoms with Gasteiger partial charge in [-0.25, -0.2) is 4.39 Å². The molecule has 2 amide bonds. The monoisotopic (exact) mass is 513 g/mol. The van der Waals surface area contributed by atoms with Crippen molar-refractivity contribution in [3.8, 4) is 11.1 Å². The smallest absolute Gasteiger partial charge is 0.256 e. The third kappa shape index (κ3) is 3.13. The van der Waals surface area contributed by atoms with E-state index in [4.69, 9.17) is 9.41 Å². The van der Waals surface area contributed by atoms with Gasteiger partial charge in [-0.3, -0.25) is 19.5 Å². The maximum absolute atomic E-state index is 15.7. The first-order chi connectivity index (χ1) is 18.2. The topological polar surface area (TPSA) is 86.4 Å². The van der Waals surface area contributed by atoms with Gasteiger partial charge >= 0.3 is 0 Å². The maximum atomic E-state index is 15.7. The summed E-state index contributed by atoms with van der Waals surface area (Å²) >= 11 is 0. The minimum absolute atomic E-state index is 0.0378. The fourth-order valence-electron chi connectivity index (χ4n) is 6.61. The zero-order valence-electron chi connectivity index (χ0n) is 21.2. The summed E-state index contributed by atoms with van der Waals surface area (Å²) in [4.78, 5) is 34.6. The Kier molecular flexibility index (Phi) is 4.20. The van der Waals surface area contributed by atoms with Crippen molar-refractivity contribution in [1.29, 1.82) is 0 Å². The number of rotatable bonds is 4. The molecule has 0 bridgehead atoms. The van der Waals surface area contributed by atoms with E-state index in [1.165, 1.54) is 6.07 Å². The predicted molar refractivity (Wildman–Crippen MR) is 138 cm³/mol. The number of carbonyl (C=O) groups excluding carboxylic acids is 2. The van der Waals surface area contributed by atoms with Crippen LogP contribution < -0.4 is 0 Å². The summed E-state index contributed by atoms with van der Waals surface area (Å²) < 4.78 is 21.4. The Morgan fingerprint density at radius 3 is 2.58 bits per heavy atom. The molecule has 1 saturated heterocycles. The van der Waals surface area contributed by atoms with Crippen LogP contribution in [0.4, 0.5) is 4.39 Å². The van der Waals surface area contributed by atoms with Crippen LogP contribution in [0, 0.1) is 18.2 Å². The minimum atomic E-state index is -1.18. The molecule has 3 aromatic rings. The van der Waals surface area contributed by atoms with Gasteiger partial charge in [0.1, 0.15) is 34.1 Å². The Bertz CT molecular complexity index is 1600. The number of fused-ring (bicyclic) bond motifs is 1. The van der Waals surface area contributed by atoms with Crippen molar-refractivity contribution < 1.29 is 23.5 Å². The molecule has 1 aromatic heterocycles. The van der Waals surface area contributed by atoms with Gasteiger partial charge in [-0.05, 0) is 86.9 Å². The molecule has 8 rings (SSSR count). The number of amides is 2. The molecule has 7 nitrogen and oxygen atoms in total. The van der Waals surface area contributed by atoms with E-state index in [9.17, 15) is 14.7 Å². The number of halogens is 1. The summed E-state index contributed by atoms with van der Waals surface area (Å²) in [6.45, 7) is 3.01. The van der Waals surface area contributed by atoms with E-state index in [1.807, 2.05) is 37.3 Å². The fourth-order valence-corrected chi connectivity index (χ4v) is 6.61. The van der Waals surface area contributed by atoms with Crippen molar-refractivity contribution in [2.45, 2.75) is 62.6 Å². The van der Waals surface area contributed by atoms with Crippen molar-refractivity contribution in [1.82, 2.24) is 9.80 Å². The highest BCUT2D eigenvalue weighted by Crippen LogP contribution is 2.59. The van der Waals surface area contributed by atoms with Gasteiger partial charge in [0.25, 0.3) is 11.8 Å². The fraction of sp³-hybridized carbons (Fsp3) is 0.433. The average molecular weight is 514 g/mol. The van der Waals surface area contributed by atoms with Crippen LogP contribution in [0.2, 0.25) is 0 Å². The summed E-state index contributed by atoms with van der Waals surface area (Å²) in [6.07, 6.45) is 3.96. The first kappa shape index (κ1) is 22.5. The minimum Gasteiger partial charge on any atom is -0.461 e. The highest BCUT2D eigenvalue weighted by atomic mass is 19.1. The summed E-state index contributed by atoms with van der Waals surface area (Å²) in [5, 5.41) is 11.3. The normalized spacial score (nSPS) is 28.0. The van der Waals surface area contributed by atoms with Crippen molar-refractivity contribution >= 4 is 28.6 Å². The highest BCUT2D eigenvalue weighted by Gasteiger charge is 2.68. The van der Waals surface area contributed by atoms with Crippen LogP contribution in [0.25, 0.3) is 22.1 Å². The number of hydrogen-bond donors (Lipinski definition) is 1. The highest BCUT2D eigenvalue weighted by molar-refractivity contribution is 6.17. The van der Waals surface area contributed by atoms with Crippen LogP contribution in [-0.2, 0) is 9.59 Å². The van der Waals surface area contributed by atoms with Crippen LogP contribution in [0.3, 0.4) is 0 Å². The molecule has 1 N–H and O–H groups in total. The van der Waals surface area contributed by atoms with Gasteiger partial charge in [-0.1, -0.05) is 12.1 Å². The van der Waals surface area contributed by atoms with E-state index in [1.54, 1.807) is 15.9 Å². The van der Waals surface area contributed by atoms with Gasteiger partial charge in [0.05, 0.1) is 5.56 Å². The van der Waals surface area contributed by atoms with Gasteiger partial charge in [-0.2, -0.15) is 0 Å². The molecule has 194 valence electrons. The summed E-state index contributed by atoms with van der Waals surface area (Å²) in [7, 11) is 0. The number of hydrogen-bond acceptors (Lipinski definition) is 5. The summed E-state index contributed by atoms with van der Waals surface area (Å²) in [6, 6.07) is 12.8. The number of nitrogens with zero attached hydrogens (tertiary/aromatic N) is 3. The lowest BCUT2D eigenvalue weighted by Gasteiger charge is -2.24. The van der Waals surface area contributed by atoms with Crippen LogP contribution in [-0.4, -0.2) is 62.8 Å². The van der Waals surface area contributed by atoms with E-state index in [2.05, 4.69) is 0 Å². The SMILES string of the molecule is Cc1cc2cc(-c3ccc(C4=NC5(CC5)C(=O)N4C4C[C@]45CCN(C(=O)C4(O)CC4)C5)c(F)c3)ccc2o1. The largest absolute Gasteiger partial charge is 0.461 e. The molecular formula is C30H28FN3O4. The Hall–Kier alpha value is -3.52. The summed E-state index contributed by atoms with van der Waals surface area (Å²) in [5.41, 5.74) is 0.637. The first-order valence-corrected chi connectivity index (χ1v) is 13.5. The number of aliphatic hydroxyl groups is 1. The first-order valence-electron chi connectivity index (χ1n) is 13.5. The lowest BCUT2D eigenvalue weighted by atomic mass is 10.0. The molecule has 0 radical (unpaired) electrons. The second kappa shape index (κ2) is 7.11. The number of furan rings is 1. The molecule has 2 spiro atoms. The predicted octanol–water partition coefficient (Wildman–Crippen LogP) is 4.18.